The fourth-order valence-corrected chi connectivity index (χ4v) is 2.96. The molecule has 0 aromatic heterocycles. The molecule has 0 aliphatic heterocycles. The Morgan fingerprint density at radius 3 is 2.67 bits per heavy atom. The van der Waals surface area contributed by atoms with Crippen molar-refractivity contribution in [2.24, 2.45) is 5.41 Å². The molecule has 104 valence electrons. The fraction of sp³-hybridized carbons (Fsp3) is 0.933. The van der Waals surface area contributed by atoms with Gasteiger partial charge in [-0.05, 0) is 50.5 Å². The van der Waals surface area contributed by atoms with Gasteiger partial charge in [0.05, 0.1) is 0 Å². The van der Waals surface area contributed by atoms with E-state index >= 15 is 0 Å². The molecule has 2 aliphatic carbocycles. The van der Waals surface area contributed by atoms with Crippen LogP contribution in [0.15, 0.2) is 0 Å². The van der Waals surface area contributed by atoms with E-state index in [0.717, 1.165) is 13.0 Å². The second-order valence-electron chi connectivity index (χ2n) is 6.86. The van der Waals surface area contributed by atoms with Gasteiger partial charge in [0.25, 0.3) is 0 Å². The van der Waals surface area contributed by atoms with Gasteiger partial charge >= 0.3 is 0 Å². The van der Waals surface area contributed by atoms with E-state index in [-0.39, 0.29) is 5.91 Å². The monoisotopic (exact) mass is 252 g/mol. The molecule has 1 unspecified atom stereocenters. The van der Waals surface area contributed by atoms with Gasteiger partial charge in [0.1, 0.15) is 0 Å². The van der Waals surface area contributed by atoms with Gasteiger partial charge < -0.3 is 10.6 Å². The first-order valence-corrected chi connectivity index (χ1v) is 7.58. The van der Waals surface area contributed by atoms with Crippen LogP contribution in [0.5, 0.6) is 0 Å². The summed E-state index contributed by atoms with van der Waals surface area (Å²) < 4.78 is 0. The van der Waals surface area contributed by atoms with Gasteiger partial charge in [-0.2, -0.15) is 0 Å². The highest BCUT2D eigenvalue weighted by Crippen LogP contribution is 2.34. The minimum Gasteiger partial charge on any atom is -0.353 e. The standard InChI is InChI=1S/C15H28N2O/c1-15(2)9-3-5-13(11-15)16-10-4-6-14(18)17-12-7-8-12/h12-13,16H,3-11H2,1-2H3,(H,17,18). The van der Waals surface area contributed by atoms with Crippen molar-refractivity contribution in [3.8, 4) is 0 Å². The van der Waals surface area contributed by atoms with Gasteiger partial charge in [-0.3, -0.25) is 4.79 Å². The quantitative estimate of drug-likeness (QED) is 0.713. The fourth-order valence-electron chi connectivity index (χ4n) is 2.96. The minimum atomic E-state index is 0.239. The topological polar surface area (TPSA) is 41.1 Å². The smallest absolute Gasteiger partial charge is 0.220 e. The Balaban J connectivity index is 1.53. The Morgan fingerprint density at radius 2 is 2.00 bits per heavy atom. The molecule has 2 rings (SSSR count). The lowest BCUT2D eigenvalue weighted by molar-refractivity contribution is -0.121. The molecule has 2 fully saturated rings. The van der Waals surface area contributed by atoms with Crippen molar-refractivity contribution in [1.29, 1.82) is 0 Å². The molecule has 3 heteroatoms. The molecule has 2 N–H and O–H groups in total. The van der Waals surface area contributed by atoms with Crippen molar-refractivity contribution in [1.82, 2.24) is 10.6 Å². The van der Waals surface area contributed by atoms with Gasteiger partial charge in [-0.1, -0.05) is 20.3 Å². The Labute approximate surface area is 111 Å². The molecular weight excluding hydrogens is 224 g/mol. The number of rotatable bonds is 6. The summed E-state index contributed by atoms with van der Waals surface area (Å²) in [6, 6.07) is 1.17. The zero-order chi connectivity index (χ0) is 13.0. The third-order valence-electron chi connectivity index (χ3n) is 4.16. The predicted molar refractivity (Wildman–Crippen MR) is 74.4 cm³/mol. The van der Waals surface area contributed by atoms with Crippen LogP contribution in [0.1, 0.15) is 65.2 Å². The highest BCUT2D eigenvalue weighted by molar-refractivity contribution is 5.76. The summed E-state index contributed by atoms with van der Waals surface area (Å²) in [6.07, 6.45) is 9.29. The molecule has 0 spiro atoms. The number of amides is 1. The van der Waals surface area contributed by atoms with E-state index < -0.39 is 0 Å². The lowest BCUT2D eigenvalue weighted by Crippen LogP contribution is -2.38. The van der Waals surface area contributed by atoms with Crippen molar-refractivity contribution in [3.05, 3.63) is 0 Å². The minimum absolute atomic E-state index is 0.239. The molecule has 1 atom stereocenters. The molecule has 0 aromatic carbocycles. The highest BCUT2D eigenvalue weighted by Gasteiger charge is 2.27. The van der Waals surface area contributed by atoms with E-state index in [1.165, 1.54) is 38.5 Å². The largest absolute Gasteiger partial charge is 0.353 e. The number of carbonyl (C=O) groups excluding carboxylic acids is 1. The van der Waals surface area contributed by atoms with E-state index in [9.17, 15) is 4.79 Å². The number of hydrogen-bond acceptors (Lipinski definition) is 2. The van der Waals surface area contributed by atoms with Gasteiger partial charge in [-0.15, -0.1) is 0 Å². The van der Waals surface area contributed by atoms with Crippen LogP contribution in [-0.2, 0) is 4.79 Å². The zero-order valence-corrected chi connectivity index (χ0v) is 11.9. The maximum Gasteiger partial charge on any atom is 0.220 e. The van der Waals surface area contributed by atoms with Crippen LogP contribution in [0.3, 0.4) is 0 Å². The summed E-state index contributed by atoms with van der Waals surface area (Å²) in [5, 5.41) is 6.66. The summed E-state index contributed by atoms with van der Waals surface area (Å²) >= 11 is 0. The van der Waals surface area contributed by atoms with Crippen LogP contribution in [0.2, 0.25) is 0 Å². The van der Waals surface area contributed by atoms with Crippen LogP contribution < -0.4 is 10.6 Å². The van der Waals surface area contributed by atoms with E-state index in [1.54, 1.807) is 0 Å². The number of hydrogen-bond donors (Lipinski definition) is 2. The van der Waals surface area contributed by atoms with Gasteiger partial charge in [0, 0.05) is 18.5 Å². The average molecular weight is 252 g/mol. The van der Waals surface area contributed by atoms with Gasteiger partial charge in [0.15, 0.2) is 0 Å². The average Bonchev–Trinajstić information content (AvgIpc) is 3.07. The van der Waals surface area contributed by atoms with Crippen LogP contribution in [-0.4, -0.2) is 24.5 Å². The van der Waals surface area contributed by atoms with Gasteiger partial charge in [0.2, 0.25) is 5.91 Å². The maximum absolute atomic E-state index is 11.5. The van der Waals surface area contributed by atoms with Gasteiger partial charge in [-0.25, -0.2) is 0 Å². The molecule has 2 aliphatic rings. The summed E-state index contributed by atoms with van der Waals surface area (Å²) in [5.41, 5.74) is 0.499. The third kappa shape index (κ3) is 4.97. The molecule has 3 nitrogen and oxygen atoms in total. The number of nitrogens with one attached hydrogen (secondary N) is 2. The predicted octanol–water partition coefficient (Wildman–Crippen LogP) is 2.60. The molecule has 0 saturated heterocycles. The third-order valence-corrected chi connectivity index (χ3v) is 4.16. The second kappa shape index (κ2) is 6.05. The van der Waals surface area contributed by atoms with Crippen molar-refractivity contribution < 1.29 is 4.79 Å². The van der Waals surface area contributed by atoms with Crippen LogP contribution in [0, 0.1) is 5.41 Å². The number of carbonyl (C=O) groups is 1. The SMILES string of the molecule is CC1(C)CCCC(NCCCC(=O)NC2CC2)C1. The molecule has 18 heavy (non-hydrogen) atoms. The first kappa shape index (κ1) is 13.9. The van der Waals surface area contributed by atoms with Crippen molar-refractivity contribution in [2.75, 3.05) is 6.54 Å². The Kier molecular flexibility index (Phi) is 4.66. The Bertz CT molecular complexity index is 284. The van der Waals surface area contributed by atoms with Crippen LogP contribution in [0.25, 0.3) is 0 Å². The molecule has 0 radical (unpaired) electrons. The second-order valence-corrected chi connectivity index (χ2v) is 6.86. The summed E-state index contributed by atoms with van der Waals surface area (Å²) in [7, 11) is 0. The van der Waals surface area contributed by atoms with E-state index in [2.05, 4.69) is 24.5 Å². The maximum atomic E-state index is 11.5. The van der Waals surface area contributed by atoms with Crippen LogP contribution in [0.4, 0.5) is 0 Å². The van der Waals surface area contributed by atoms with E-state index in [1.807, 2.05) is 0 Å². The lowest BCUT2D eigenvalue weighted by Gasteiger charge is -2.35. The van der Waals surface area contributed by atoms with E-state index in [0.29, 0.717) is 23.9 Å². The normalized spacial score (nSPS) is 26.9. The first-order valence-electron chi connectivity index (χ1n) is 7.58. The zero-order valence-electron chi connectivity index (χ0n) is 11.9. The van der Waals surface area contributed by atoms with Crippen molar-refractivity contribution >= 4 is 5.91 Å². The Morgan fingerprint density at radius 1 is 1.22 bits per heavy atom. The van der Waals surface area contributed by atoms with Crippen LogP contribution >= 0.6 is 0 Å². The Hall–Kier alpha value is -0.570. The first-order chi connectivity index (χ1) is 8.55. The molecule has 1 amide bonds. The summed E-state index contributed by atoms with van der Waals surface area (Å²) in [5.74, 6) is 0.239. The highest BCUT2D eigenvalue weighted by atomic mass is 16.1. The molecule has 0 bridgehead atoms. The molecule has 0 aromatic rings. The van der Waals surface area contributed by atoms with E-state index in [4.69, 9.17) is 0 Å². The molecule has 2 saturated carbocycles. The molecule has 0 heterocycles. The lowest BCUT2D eigenvalue weighted by atomic mass is 9.75. The van der Waals surface area contributed by atoms with Crippen molar-refractivity contribution in [2.45, 2.75) is 77.3 Å². The molecular formula is C15H28N2O. The summed E-state index contributed by atoms with van der Waals surface area (Å²) in [4.78, 5) is 11.5. The van der Waals surface area contributed by atoms with Crippen molar-refractivity contribution in [3.63, 3.8) is 0 Å². The summed E-state index contributed by atoms with van der Waals surface area (Å²) in [6.45, 7) is 5.71.